The van der Waals surface area contributed by atoms with E-state index in [-0.39, 0.29) is 6.61 Å². The molecule has 0 aliphatic rings. The maximum absolute atomic E-state index is 11.7. The van der Waals surface area contributed by atoms with E-state index in [4.69, 9.17) is 5.11 Å². The number of nitrogens with one attached hydrogen (secondary N) is 2. The molecule has 4 N–H and O–H groups in total. The molecule has 6 heteroatoms. The molecule has 0 fully saturated rings. The Hall–Kier alpha value is -2.08. The second-order valence-corrected chi connectivity index (χ2v) is 3.83. The Morgan fingerprint density at radius 2 is 1.83 bits per heavy atom. The first-order valence-corrected chi connectivity index (χ1v) is 5.50. The quantitative estimate of drug-likeness (QED) is 0.613. The van der Waals surface area contributed by atoms with E-state index >= 15 is 0 Å². The molecule has 0 heterocycles. The van der Waals surface area contributed by atoms with E-state index < -0.39 is 24.1 Å². The molecule has 2 amide bonds. The first-order valence-electron chi connectivity index (χ1n) is 5.50. The third kappa shape index (κ3) is 4.06. The number of aliphatic hydroxyl groups is 1. The number of aliphatic hydroxyl groups excluding tert-OH is 1. The van der Waals surface area contributed by atoms with Crippen LogP contribution in [0.15, 0.2) is 30.3 Å². The molecule has 0 aromatic heterocycles. The maximum Gasteiger partial charge on any atom is 0.405 e. The van der Waals surface area contributed by atoms with Gasteiger partial charge in [0, 0.05) is 0 Å². The van der Waals surface area contributed by atoms with Gasteiger partial charge in [-0.05, 0) is 12.5 Å². The molecule has 0 aliphatic carbocycles. The summed E-state index contributed by atoms with van der Waals surface area (Å²) in [7, 11) is 0. The summed E-state index contributed by atoms with van der Waals surface area (Å²) in [4.78, 5) is 22.1. The minimum absolute atomic E-state index is 0.254. The molecule has 2 atom stereocenters. The van der Waals surface area contributed by atoms with Crippen LogP contribution in [-0.4, -0.2) is 34.9 Å². The van der Waals surface area contributed by atoms with Gasteiger partial charge in [-0.2, -0.15) is 0 Å². The van der Waals surface area contributed by atoms with E-state index in [1.165, 1.54) is 6.92 Å². The van der Waals surface area contributed by atoms with Crippen molar-refractivity contribution in [1.29, 1.82) is 0 Å². The molecule has 1 aromatic rings. The SMILES string of the molecule is C[C@@H](NC(=O)O)C(=O)N[C@H](CO)c1ccccc1. The van der Waals surface area contributed by atoms with E-state index in [2.05, 4.69) is 5.32 Å². The topological polar surface area (TPSA) is 98.7 Å². The molecule has 0 spiro atoms. The van der Waals surface area contributed by atoms with Gasteiger partial charge in [0.15, 0.2) is 0 Å². The standard InChI is InChI=1S/C12H16N2O4/c1-8(13-12(17)18)11(16)14-10(7-15)9-5-3-2-4-6-9/h2-6,8,10,13,15H,7H2,1H3,(H,14,16)(H,17,18)/t8-,10-/m1/s1. The van der Waals surface area contributed by atoms with Crippen LogP contribution in [0, 0.1) is 0 Å². The smallest absolute Gasteiger partial charge is 0.405 e. The molecular formula is C12H16N2O4. The number of rotatable bonds is 5. The number of carbonyl (C=O) groups excluding carboxylic acids is 1. The van der Waals surface area contributed by atoms with Crippen molar-refractivity contribution in [2.45, 2.75) is 19.0 Å². The van der Waals surface area contributed by atoms with Gasteiger partial charge in [-0.3, -0.25) is 4.79 Å². The normalized spacial score (nSPS) is 13.4. The Labute approximate surface area is 105 Å². The molecule has 98 valence electrons. The monoisotopic (exact) mass is 252 g/mol. The van der Waals surface area contributed by atoms with Crippen molar-refractivity contribution in [3.63, 3.8) is 0 Å². The van der Waals surface area contributed by atoms with Crippen LogP contribution in [-0.2, 0) is 4.79 Å². The van der Waals surface area contributed by atoms with Gasteiger partial charge in [0.05, 0.1) is 12.6 Å². The summed E-state index contributed by atoms with van der Waals surface area (Å²) in [6.07, 6.45) is -1.27. The van der Waals surface area contributed by atoms with Crippen LogP contribution in [0.3, 0.4) is 0 Å². The fourth-order valence-electron chi connectivity index (χ4n) is 1.47. The Bertz CT molecular complexity index is 408. The van der Waals surface area contributed by atoms with Gasteiger partial charge in [0.1, 0.15) is 6.04 Å². The minimum atomic E-state index is -1.27. The van der Waals surface area contributed by atoms with Gasteiger partial charge in [-0.25, -0.2) is 4.79 Å². The number of benzene rings is 1. The zero-order chi connectivity index (χ0) is 13.5. The summed E-state index contributed by atoms with van der Waals surface area (Å²) in [5.41, 5.74) is 0.760. The predicted octanol–water partition coefficient (Wildman–Crippen LogP) is 0.492. The zero-order valence-electron chi connectivity index (χ0n) is 9.96. The summed E-state index contributed by atoms with van der Waals surface area (Å²) in [5.74, 6) is -0.486. The zero-order valence-corrected chi connectivity index (χ0v) is 9.96. The van der Waals surface area contributed by atoms with Crippen LogP contribution in [0.5, 0.6) is 0 Å². The van der Waals surface area contributed by atoms with Crippen molar-refractivity contribution in [3.05, 3.63) is 35.9 Å². The van der Waals surface area contributed by atoms with Crippen LogP contribution in [0.1, 0.15) is 18.5 Å². The Kier molecular flexibility index (Phi) is 5.13. The van der Waals surface area contributed by atoms with Gasteiger partial charge in [-0.1, -0.05) is 30.3 Å². The van der Waals surface area contributed by atoms with E-state index in [0.717, 1.165) is 5.56 Å². The van der Waals surface area contributed by atoms with Gasteiger partial charge >= 0.3 is 6.09 Å². The largest absolute Gasteiger partial charge is 0.465 e. The molecule has 0 bridgehead atoms. The van der Waals surface area contributed by atoms with Crippen molar-refractivity contribution in [2.24, 2.45) is 0 Å². The average molecular weight is 252 g/mol. The Morgan fingerprint density at radius 1 is 1.22 bits per heavy atom. The van der Waals surface area contributed by atoms with Gasteiger partial charge < -0.3 is 20.8 Å². The Balaban J connectivity index is 2.64. The van der Waals surface area contributed by atoms with Crippen LogP contribution in [0.25, 0.3) is 0 Å². The lowest BCUT2D eigenvalue weighted by Gasteiger charge is -2.19. The summed E-state index contributed by atoms with van der Waals surface area (Å²) in [6.45, 7) is 1.18. The van der Waals surface area contributed by atoms with Crippen molar-refractivity contribution in [2.75, 3.05) is 6.61 Å². The molecule has 18 heavy (non-hydrogen) atoms. The maximum atomic E-state index is 11.7. The van der Waals surface area contributed by atoms with Crippen LogP contribution in [0.4, 0.5) is 4.79 Å². The van der Waals surface area contributed by atoms with E-state index in [1.807, 2.05) is 11.4 Å². The Morgan fingerprint density at radius 3 is 2.33 bits per heavy atom. The summed E-state index contributed by atoms with van der Waals surface area (Å²) in [5, 5.41) is 22.4. The highest BCUT2D eigenvalue weighted by molar-refractivity contribution is 5.85. The average Bonchev–Trinajstić information content (AvgIpc) is 2.35. The number of hydrogen-bond donors (Lipinski definition) is 4. The van der Waals surface area contributed by atoms with Gasteiger partial charge in [-0.15, -0.1) is 0 Å². The number of hydrogen-bond acceptors (Lipinski definition) is 3. The first-order chi connectivity index (χ1) is 8.54. The fourth-order valence-corrected chi connectivity index (χ4v) is 1.47. The second-order valence-electron chi connectivity index (χ2n) is 3.83. The molecule has 1 rings (SSSR count). The molecule has 0 aliphatic heterocycles. The number of carboxylic acid groups (broad SMARTS) is 1. The molecule has 0 saturated heterocycles. The molecule has 0 saturated carbocycles. The van der Waals surface area contributed by atoms with Gasteiger partial charge in [0.2, 0.25) is 5.91 Å². The lowest BCUT2D eigenvalue weighted by atomic mass is 10.1. The highest BCUT2D eigenvalue weighted by atomic mass is 16.4. The van der Waals surface area contributed by atoms with Crippen LogP contribution in [0.2, 0.25) is 0 Å². The number of carbonyl (C=O) groups is 2. The van der Waals surface area contributed by atoms with E-state index in [9.17, 15) is 14.7 Å². The molecular weight excluding hydrogens is 236 g/mol. The molecule has 6 nitrogen and oxygen atoms in total. The third-order valence-corrected chi connectivity index (χ3v) is 2.43. The highest BCUT2D eigenvalue weighted by Crippen LogP contribution is 2.11. The van der Waals surface area contributed by atoms with Crippen molar-refractivity contribution >= 4 is 12.0 Å². The van der Waals surface area contributed by atoms with Crippen molar-refractivity contribution < 1.29 is 19.8 Å². The predicted molar refractivity (Wildman–Crippen MR) is 65.0 cm³/mol. The van der Waals surface area contributed by atoms with Crippen LogP contribution >= 0.6 is 0 Å². The molecule has 0 unspecified atom stereocenters. The fraction of sp³-hybridized carbons (Fsp3) is 0.333. The van der Waals surface area contributed by atoms with E-state index in [0.29, 0.717) is 0 Å². The molecule has 1 aromatic carbocycles. The van der Waals surface area contributed by atoms with Crippen molar-refractivity contribution in [1.82, 2.24) is 10.6 Å². The minimum Gasteiger partial charge on any atom is -0.465 e. The first kappa shape index (κ1) is 14.0. The third-order valence-electron chi connectivity index (χ3n) is 2.43. The van der Waals surface area contributed by atoms with Gasteiger partial charge in [0.25, 0.3) is 0 Å². The number of amides is 2. The lowest BCUT2D eigenvalue weighted by molar-refractivity contribution is -0.123. The van der Waals surface area contributed by atoms with Crippen molar-refractivity contribution in [3.8, 4) is 0 Å². The molecule has 0 radical (unpaired) electrons. The lowest BCUT2D eigenvalue weighted by Crippen LogP contribution is -2.46. The van der Waals surface area contributed by atoms with Crippen LogP contribution < -0.4 is 10.6 Å². The summed E-state index contributed by atoms with van der Waals surface area (Å²) >= 11 is 0. The highest BCUT2D eigenvalue weighted by Gasteiger charge is 2.19. The summed E-state index contributed by atoms with van der Waals surface area (Å²) < 4.78 is 0. The second kappa shape index (κ2) is 6.61. The summed E-state index contributed by atoms with van der Waals surface area (Å²) in [6, 6.07) is 7.55. The van der Waals surface area contributed by atoms with E-state index in [1.54, 1.807) is 24.3 Å².